The van der Waals surface area contributed by atoms with E-state index in [1.54, 1.807) is 6.07 Å². The van der Waals surface area contributed by atoms with Crippen LogP contribution in [0.2, 0.25) is 0 Å². The molecule has 8 heteroatoms. The van der Waals surface area contributed by atoms with Gasteiger partial charge in [-0.2, -0.15) is 0 Å². The quantitative estimate of drug-likeness (QED) is 0.729. The molecule has 2 bridgehead atoms. The van der Waals surface area contributed by atoms with Crippen LogP contribution in [0.1, 0.15) is 40.4 Å². The van der Waals surface area contributed by atoms with Gasteiger partial charge >= 0.3 is 0 Å². The van der Waals surface area contributed by atoms with E-state index in [-0.39, 0.29) is 41.8 Å². The van der Waals surface area contributed by atoms with E-state index in [1.807, 2.05) is 10.6 Å². The number of hydrogen-bond donors (Lipinski definition) is 2. The number of nitrogens with one attached hydrogen (secondary N) is 2. The maximum atomic E-state index is 13.0. The van der Waals surface area contributed by atoms with E-state index in [2.05, 4.69) is 39.8 Å². The molecular formula is C23H30Cl2N4O2. The van der Waals surface area contributed by atoms with Gasteiger partial charge in [-0.25, -0.2) is 0 Å². The molecule has 1 fully saturated rings. The third kappa shape index (κ3) is 4.61. The van der Waals surface area contributed by atoms with Crippen LogP contribution in [-0.4, -0.2) is 43.2 Å². The van der Waals surface area contributed by atoms with Crippen molar-refractivity contribution in [1.29, 1.82) is 0 Å². The van der Waals surface area contributed by atoms with Crippen LogP contribution in [0.25, 0.3) is 0 Å². The second-order valence-electron chi connectivity index (χ2n) is 8.52. The molecule has 0 spiro atoms. The fraction of sp³-hybridized carbons (Fsp3) is 0.478. The summed E-state index contributed by atoms with van der Waals surface area (Å²) >= 11 is 0. The molecule has 3 aliphatic heterocycles. The highest BCUT2D eigenvalue weighted by molar-refractivity contribution is 5.93. The summed E-state index contributed by atoms with van der Waals surface area (Å²) in [6, 6.07) is 12.2. The van der Waals surface area contributed by atoms with Gasteiger partial charge in [0.05, 0.1) is 0 Å². The molecule has 168 valence electrons. The Kier molecular flexibility index (Phi) is 7.68. The van der Waals surface area contributed by atoms with E-state index in [0.29, 0.717) is 24.9 Å². The van der Waals surface area contributed by atoms with Gasteiger partial charge < -0.3 is 20.1 Å². The molecule has 2 aromatic rings. The second kappa shape index (κ2) is 10.1. The Hall–Kier alpha value is -2.02. The number of benzene rings is 1. The number of amides is 1. The summed E-state index contributed by atoms with van der Waals surface area (Å²) in [5.74, 6) is 0.604. The number of fused-ring (bicyclic) bond motifs is 5. The highest BCUT2D eigenvalue weighted by Gasteiger charge is 2.31. The number of carbonyl (C=O) groups is 1. The maximum Gasteiger partial charge on any atom is 0.263 e. The zero-order valence-corrected chi connectivity index (χ0v) is 19.1. The number of anilines is 1. The number of aromatic nitrogens is 1. The van der Waals surface area contributed by atoms with Gasteiger partial charge in [0.15, 0.2) is 0 Å². The number of aryl methyl sites for hydroxylation is 1. The van der Waals surface area contributed by atoms with Crippen LogP contribution in [0, 0.1) is 5.92 Å². The molecule has 31 heavy (non-hydrogen) atoms. The fourth-order valence-corrected chi connectivity index (χ4v) is 5.21. The molecule has 1 amide bonds. The summed E-state index contributed by atoms with van der Waals surface area (Å²) in [6.45, 7) is 4.87. The Morgan fingerprint density at radius 2 is 1.97 bits per heavy atom. The fourth-order valence-electron chi connectivity index (χ4n) is 5.21. The van der Waals surface area contributed by atoms with E-state index >= 15 is 0 Å². The normalized spacial score (nSPS) is 21.1. The second-order valence-corrected chi connectivity index (χ2v) is 8.52. The standard InChI is InChI=1S/C23H28N4O2.2ClH/c28-22(25-9-11-26-10-3-5-17-4-1-2-6-20(17)26)19-7-8-21-18-12-16(13-24-14-18)15-27(21)23(19)29;;/h1-2,4,6-8,16,18,24H,3,5,9-15H2,(H,25,28);2*1H/t16-,18+;;/m0../s1. The van der Waals surface area contributed by atoms with E-state index in [4.69, 9.17) is 0 Å². The van der Waals surface area contributed by atoms with Crippen molar-refractivity contribution in [3.05, 3.63) is 63.6 Å². The first kappa shape index (κ1) is 23.6. The summed E-state index contributed by atoms with van der Waals surface area (Å²) in [6.07, 6.45) is 3.38. The number of para-hydroxylation sites is 1. The predicted molar refractivity (Wildman–Crippen MR) is 128 cm³/mol. The Morgan fingerprint density at radius 1 is 1.13 bits per heavy atom. The SMILES string of the molecule is Cl.Cl.O=C(NCCN1CCCc2ccccc21)c1ccc2n(c1=O)C[C@@H]1CNC[C@H]2C1. The summed E-state index contributed by atoms with van der Waals surface area (Å²) in [7, 11) is 0. The Morgan fingerprint density at radius 3 is 2.84 bits per heavy atom. The molecule has 0 radical (unpaired) electrons. The van der Waals surface area contributed by atoms with Gasteiger partial charge in [-0.3, -0.25) is 9.59 Å². The zero-order chi connectivity index (χ0) is 19.8. The smallest absolute Gasteiger partial charge is 0.263 e. The average molecular weight is 465 g/mol. The zero-order valence-electron chi connectivity index (χ0n) is 17.5. The number of rotatable bonds is 4. The van der Waals surface area contributed by atoms with Crippen LogP contribution in [0.4, 0.5) is 5.69 Å². The van der Waals surface area contributed by atoms with Gasteiger partial charge in [0, 0.05) is 50.0 Å². The van der Waals surface area contributed by atoms with Gasteiger partial charge in [-0.15, -0.1) is 24.8 Å². The Labute approximate surface area is 195 Å². The number of pyridine rings is 1. The Balaban J connectivity index is 0.00000136. The largest absolute Gasteiger partial charge is 0.370 e. The van der Waals surface area contributed by atoms with Gasteiger partial charge in [0.1, 0.15) is 5.56 Å². The first-order chi connectivity index (χ1) is 14.2. The van der Waals surface area contributed by atoms with Crippen LogP contribution >= 0.6 is 24.8 Å². The van der Waals surface area contributed by atoms with Crippen LogP contribution in [0.3, 0.4) is 0 Å². The van der Waals surface area contributed by atoms with Crippen molar-refractivity contribution in [1.82, 2.24) is 15.2 Å². The van der Waals surface area contributed by atoms with Crippen LogP contribution in [0.15, 0.2) is 41.2 Å². The van der Waals surface area contributed by atoms with Crippen LogP contribution in [0.5, 0.6) is 0 Å². The third-order valence-corrected chi connectivity index (χ3v) is 6.63. The molecular weight excluding hydrogens is 435 g/mol. The summed E-state index contributed by atoms with van der Waals surface area (Å²) in [4.78, 5) is 28.0. The monoisotopic (exact) mass is 464 g/mol. The number of hydrogen-bond acceptors (Lipinski definition) is 4. The van der Waals surface area contributed by atoms with Crippen molar-refractivity contribution >= 4 is 36.4 Å². The average Bonchev–Trinajstić information content (AvgIpc) is 2.75. The summed E-state index contributed by atoms with van der Waals surface area (Å²) in [5, 5.41) is 6.42. The highest BCUT2D eigenvalue weighted by atomic mass is 35.5. The number of nitrogens with zero attached hydrogens (tertiary/aromatic N) is 2. The Bertz CT molecular complexity index is 994. The van der Waals surface area contributed by atoms with E-state index in [0.717, 1.165) is 51.1 Å². The maximum absolute atomic E-state index is 13.0. The minimum absolute atomic E-state index is 0. The van der Waals surface area contributed by atoms with Crippen molar-refractivity contribution in [3.63, 3.8) is 0 Å². The van der Waals surface area contributed by atoms with Crippen molar-refractivity contribution in [2.24, 2.45) is 5.92 Å². The number of piperidine rings is 1. The van der Waals surface area contributed by atoms with Crippen molar-refractivity contribution in [2.75, 3.05) is 37.6 Å². The molecule has 3 aliphatic rings. The molecule has 1 saturated heterocycles. The predicted octanol–water partition coefficient (Wildman–Crippen LogP) is 2.58. The lowest BCUT2D eigenvalue weighted by atomic mass is 9.84. The lowest BCUT2D eigenvalue weighted by molar-refractivity contribution is 0.0951. The van der Waals surface area contributed by atoms with Crippen LogP contribution < -0.4 is 21.1 Å². The molecule has 5 rings (SSSR count). The number of carbonyl (C=O) groups excluding carboxylic acids is 1. The first-order valence-corrected chi connectivity index (χ1v) is 10.8. The molecule has 0 aliphatic carbocycles. The molecule has 4 heterocycles. The summed E-state index contributed by atoms with van der Waals surface area (Å²) < 4.78 is 1.84. The summed E-state index contributed by atoms with van der Waals surface area (Å²) in [5.41, 5.74) is 3.83. The third-order valence-electron chi connectivity index (χ3n) is 6.63. The molecule has 0 unspecified atom stereocenters. The van der Waals surface area contributed by atoms with Crippen molar-refractivity contribution in [2.45, 2.75) is 31.7 Å². The minimum atomic E-state index is -0.260. The molecule has 2 atom stereocenters. The molecule has 2 N–H and O–H groups in total. The molecule has 0 saturated carbocycles. The first-order valence-electron chi connectivity index (χ1n) is 10.8. The van der Waals surface area contributed by atoms with Gasteiger partial charge in [0.25, 0.3) is 11.5 Å². The lowest BCUT2D eigenvalue weighted by Crippen LogP contribution is -2.46. The molecule has 1 aromatic carbocycles. The minimum Gasteiger partial charge on any atom is -0.370 e. The number of halogens is 2. The van der Waals surface area contributed by atoms with Crippen molar-refractivity contribution < 1.29 is 4.79 Å². The van der Waals surface area contributed by atoms with Crippen LogP contribution in [-0.2, 0) is 13.0 Å². The van der Waals surface area contributed by atoms with E-state index in [9.17, 15) is 9.59 Å². The van der Waals surface area contributed by atoms with Gasteiger partial charge in [-0.1, -0.05) is 18.2 Å². The van der Waals surface area contributed by atoms with E-state index in [1.165, 1.54) is 11.3 Å². The lowest BCUT2D eigenvalue weighted by Gasteiger charge is -2.37. The van der Waals surface area contributed by atoms with Gasteiger partial charge in [-0.05, 0) is 55.5 Å². The van der Waals surface area contributed by atoms with Gasteiger partial charge in [0.2, 0.25) is 0 Å². The highest BCUT2D eigenvalue weighted by Crippen LogP contribution is 2.31. The van der Waals surface area contributed by atoms with Crippen molar-refractivity contribution in [3.8, 4) is 0 Å². The molecule has 1 aromatic heterocycles. The topological polar surface area (TPSA) is 66.4 Å². The van der Waals surface area contributed by atoms with E-state index < -0.39 is 0 Å². The molecule has 6 nitrogen and oxygen atoms in total.